The minimum atomic E-state index is 0.0285. The molecule has 1 heterocycles. The number of nitrogens with two attached hydrogens (primary N) is 1. The lowest BCUT2D eigenvalue weighted by atomic mass is 10.1. The highest BCUT2D eigenvalue weighted by atomic mass is 16.1. The minimum absolute atomic E-state index is 0.0285. The molecule has 2 aromatic rings. The summed E-state index contributed by atoms with van der Waals surface area (Å²) in [5, 5.41) is 2.96. The molecule has 1 aliphatic rings. The Morgan fingerprint density at radius 1 is 1.48 bits per heavy atom. The molecule has 1 fully saturated rings. The highest BCUT2D eigenvalue weighted by molar-refractivity contribution is 5.77. The molecule has 3 rings (SSSR count). The maximum Gasteiger partial charge on any atom is 0.221 e. The van der Waals surface area contributed by atoms with E-state index in [4.69, 9.17) is 5.73 Å². The van der Waals surface area contributed by atoms with Crippen LogP contribution in [0.4, 0.5) is 0 Å². The molecule has 0 aliphatic heterocycles. The largest absolute Gasteiger partial charge is 0.354 e. The van der Waals surface area contributed by atoms with E-state index in [-0.39, 0.29) is 11.9 Å². The van der Waals surface area contributed by atoms with Crippen LogP contribution in [-0.2, 0) is 11.3 Å². The maximum absolute atomic E-state index is 11.8. The molecule has 0 bridgehead atoms. The molecule has 21 heavy (non-hydrogen) atoms. The SMILES string of the molecule is Cc1nc2ccccc2n1CCNC(=O)CC(N)C1CC1. The molecule has 1 aliphatic carbocycles. The fourth-order valence-electron chi connectivity index (χ4n) is 2.76. The van der Waals surface area contributed by atoms with Gasteiger partial charge < -0.3 is 15.6 Å². The number of aryl methyl sites for hydroxylation is 1. The number of aromatic nitrogens is 2. The summed E-state index contributed by atoms with van der Waals surface area (Å²) in [6, 6.07) is 8.08. The second kappa shape index (κ2) is 5.85. The van der Waals surface area contributed by atoms with Crippen LogP contribution in [0.2, 0.25) is 0 Å². The number of fused-ring (bicyclic) bond motifs is 1. The standard InChI is InChI=1S/C16H22N4O/c1-11-19-14-4-2-3-5-15(14)20(11)9-8-18-16(21)10-13(17)12-6-7-12/h2-5,12-13H,6-10,17H2,1H3,(H,18,21). The Balaban J connectivity index is 1.54. The van der Waals surface area contributed by atoms with Crippen molar-refractivity contribution in [2.24, 2.45) is 11.7 Å². The van der Waals surface area contributed by atoms with E-state index in [0.29, 0.717) is 18.9 Å². The van der Waals surface area contributed by atoms with Gasteiger partial charge in [-0.1, -0.05) is 12.1 Å². The van der Waals surface area contributed by atoms with E-state index in [2.05, 4.69) is 20.9 Å². The summed E-state index contributed by atoms with van der Waals surface area (Å²) in [5.74, 6) is 1.59. The number of hydrogen-bond donors (Lipinski definition) is 2. The second-order valence-corrected chi connectivity index (χ2v) is 5.85. The van der Waals surface area contributed by atoms with Gasteiger partial charge in [-0.2, -0.15) is 0 Å². The van der Waals surface area contributed by atoms with E-state index in [1.807, 2.05) is 25.1 Å². The van der Waals surface area contributed by atoms with Crippen molar-refractivity contribution < 1.29 is 4.79 Å². The molecule has 5 nitrogen and oxygen atoms in total. The Morgan fingerprint density at radius 2 is 2.24 bits per heavy atom. The Hall–Kier alpha value is -1.88. The van der Waals surface area contributed by atoms with Gasteiger partial charge in [-0.25, -0.2) is 4.98 Å². The summed E-state index contributed by atoms with van der Waals surface area (Å²) in [7, 11) is 0. The van der Waals surface area contributed by atoms with Crippen molar-refractivity contribution in [2.75, 3.05) is 6.54 Å². The first-order valence-electron chi connectivity index (χ1n) is 7.59. The lowest BCUT2D eigenvalue weighted by Crippen LogP contribution is -2.34. The highest BCUT2D eigenvalue weighted by Gasteiger charge is 2.29. The van der Waals surface area contributed by atoms with E-state index < -0.39 is 0 Å². The number of hydrogen-bond acceptors (Lipinski definition) is 3. The van der Waals surface area contributed by atoms with Crippen LogP contribution < -0.4 is 11.1 Å². The van der Waals surface area contributed by atoms with Gasteiger partial charge in [0.2, 0.25) is 5.91 Å². The van der Waals surface area contributed by atoms with Gasteiger partial charge in [0.05, 0.1) is 11.0 Å². The van der Waals surface area contributed by atoms with Crippen LogP contribution in [0.3, 0.4) is 0 Å². The summed E-state index contributed by atoms with van der Waals surface area (Å²) in [6.07, 6.45) is 2.79. The van der Waals surface area contributed by atoms with Gasteiger partial charge in [0.15, 0.2) is 0 Å². The molecule has 112 valence electrons. The summed E-state index contributed by atoms with van der Waals surface area (Å²) < 4.78 is 2.14. The Kier molecular flexibility index (Phi) is 3.92. The van der Waals surface area contributed by atoms with Crippen molar-refractivity contribution in [3.8, 4) is 0 Å². The fraction of sp³-hybridized carbons (Fsp3) is 0.500. The first-order valence-corrected chi connectivity index (χ1v) is 7.59. The van der Waals surface area contributed by atoms with E-state index in [1.54, 1.807) is 0 Å². The predicted molar refractivity (Wildman–Crippen MR) is 82.8 cm³/mol. The molecule has 3 N–H and O–H groups in total. The predicted octanol–water partition coefficient (Wildman–Crippen LogP) is 1.59. The smallest absolute Gasteiger partial charge is 0.221 e. The van der Waals surface area contributed by atoms with Crippen LogP contribution in [0.1, 0.15) is 25.1 Å². The third-order valence-electron chi connectivity index (χ3n) is 4.15. The highest BCUT2D eigenvalue weighted by Crippen LogP contribution is 2.32. The second-order valence-electron chi connectivity index (χ2n) is 5.85. The number of nitrogens with one attached hydrogen (secondary N) is 1. The molecule has 1 amide bonds. The normalized spacial score (nSPS) is 16.1. The van der Waals surface area contributed by atoms with Crippen LogP contribution in [0.15, 0.2) is 24.3 Å². The Bertz CT molecular complexity index is 645. The third kappa shape index (κ3) is 3.24. The van der Waals surface area contributed by atoms with Crippen LogP contribution >= 0.6 is 0 Å². The van der Waals surface area contributed by atoms with Crippen LogP contribution in [0, 0.1) is 12.8 Å². The first-order chi connectivity index (χ1) is 10.1. The van der Waals surface area contributed by atoms with Gasteiger partial charge in [-0.3, -0.25) is 4.79 Å². The number of para-hydroxylation sites is 2. The molecule has 1 aromatic heterocycles. The molecule has 0 radical (unpaired) electrons. The Morgan fingerprint density at radius 3 is 3.00 bits per heavy atom. The van der Waals surface area contributed by atoms with E-state index in [1.165, 1.54) is 12.8 Å². The molecular weight excluding hydrogens is 264 g/mol. The molecule has 0 spiro atoms. The quantitative estimate of drug-likeness (QED) is 0.847. The average molecular weight is 286 g/mol. The molecule has 1 atom stereocenters. The Labute approximate surface area is 124 Å². The van der Waals surface area contributed by atoms with Gasteiger partial charge in [-0.05, 0) is 37.8 Å². The number of rotatable bonds is 6. The fourth-order valence-corrected chi connectivity index (χ4v) is 2.76. The summed E-state index contributed by atoms with van der Waals surface area (Å²) in [4.78, 5) is 16.4. The van der Waals surface area contributed by atoms with Crippen molar-refractivity contribution in [3.63, 3.8) is 0 Å². The first kappa shape index (κ1) is 14.1. The summed E-state index contributed by atoms with van der Waals surface area (Å²) in [5.41, 5.74) is 8.08. The summed E-state index contributed by atoms with van der Waals surface area (Å²) >= 11 is 0. The topological polar surface area (TPSA) is 72.9 Å². The van der Waals surface area contributed by atoms with E-state index in [9.17, 15) is 4.79 Å². The van der Waals surface area contributed by atoms with Crippen molar-refractivity contribution in [1.29, 1.82) is 0 Å². The average Bonchev–Trinajstić information content (AvgIpc) is 3.25. The number of nitrogens with zero attached hydrogens (tertiary/aromatic N) is 2. The maximum atomic E-state index is 11.8. The zero-order chi connectivity index (χ0) is 14.8. The van der Waals surface area contributed by atoms with E-state index >= 15 is 0 Å². The van der Waals surface area contributed by atoms with Crippen molar-refractivity contribution in [3.05, 3.63) is 30.1 Å². The van der Waals surface area contributed by atoms with Gasteiger partial charge >= 0.3 is 0 Å². The molecule has 1 unspecified atom stereocenters. The number of benzene rings is 1. The molecular formula is C16H22N4O. The number of carbonyl (C=O) groups excluding carboxylic acids is 1. The molecule has 1 aromatic carbocycles. The lowest BCUT2D eigenvalue weighted by molar-refractivity contribution is -0.121. The van der Waals surface area contributed by atoms with Crippen molar-refractivity contribution in [1.82, 2.24) is 14.9 Å². The van der Waals surface area contributed by atoms with Crippen LogP contribution in [0.25, 0.3) is 11.0 Å². The number of amides is 1. The summed E-state index contributed by atoms with van der Waals surface area (Å²) in [6.45, 7) is 3.33. The van der Waals surface area contributed by atoms with Gasteiger partial charge in [0, 0.05) is 25.6 Å². The van der Waals surface area contributed by atoms with Crippen LogP contribution in [-0.4, -0.2) is 28.0 Å². The zero-order valence-corrected chi connectivity index (χ0v) is 12.4. The van der Waals surface area contributed by atoms with Crippen LogP contribution in [0.5, 0.6) is 0 Å². The number of imidazole rings is 1. The number of carbonyl (C=O) groups is 1. The van der Waals surface area contributed by atoms with Crippen molar-refractivity contribution >= 4 is 16.9 Å². The zero-order valence-electron chi connectivity index (χ0n) is 12.4. The molecule has 5 heteroatoms. The van der Waals surface area contributed by atoms with E-state index in [0.717, 1.165) is 23.4 Å². The van der Waals surface area contributed by atoms with Gasteiger partial charge in [-0.15, -0.1) is 0 Å². The van der Waals surface area contributed by atoms with Gasteiger partial charge in [0.25, 0.3) is 0 Å². The molecule has 1 saturated carbocycles. The van der Waals surface area contributed by atoms with Gasteiger partial charge in [0.1, 0.15) is 5.82 Å². The lowest BCUT2D eigenvalue weighted by Gasteiger charge is -2.11. The minimum Gasteiger partial charge on any atom is -0.354 e. The monoisotopic (exact) mass is 286 g/mol. The van der Waals surface area contributed by atoms with Crippen molar-refractivity contribution in [2.45, 2.75) is 38.8 Å². The molecule has 0 saturated heterocycles. The third-order valence-corrected chi connectivity index (χ3v) is 4.15.